The van der Waals surface area contributed by atoms with E-state index in [0.717, 1.165) is 12.1 Å². The average molecular weight is 984 g/mol. The molecule has 0 amide bonds. The first-order chi connectivity index (χ1) is 23.6. The summed E-state index contributed by atoms with van der Waals surface area (Å²) >= 11 is 1.76. The van der Waals surface area contributed by atoms with Crippen LogP contribution in [0.25, 0.3) is 0 Å². The summed E-state index contributed by atoms with van der Waals surface area (Å²) in [7, 11) is -19.4. The van der Waals surface area contributed by atoms with Crippen LogP contribution in [0.5, 0.6) is 0 Å². The van der Waals surface area contributed by atoms with E-state index in [-0.39, 0.29) is 117 Å². The normalized spacial score (nSPS) is 17.6. The minimum atomic E-state index is -5.18. The molecule has 4 rings (SSSR count). The summed E-state index contributed by atoms with van der Waals surface area (Å²) in [6.07, 6.45) is 9.69. The fourth-order valence-corrected chi connectivity index (χ4v) is 10.3. The Labute approximate surface area is 401 Å². The molecule has 2 heterocycles. The summed E-state index contributed by atoms with van der Waals surface area (Å²) in [5.74, 6) is -2.88. The average Bonchev–Trinajstić information content (AvgIpc) is 3.32. The van der Waals surface area contributed by atoms with E-state index in [1.54, 1.807) is 92.5 Å². The van der Waals surface area contributed by atoms with Gasteiger partial charge in [-0.05, 0) is 67.6 Å². The Kier molecular flexibility index (Phi) is 18.6. The van der Waals surface area contributed by atoms with Gasteiger partial charge in [-0.2, -0.15) is 4.58 Å². The van der Waals surface area contributed by atoms with Gasteiger partial charge in [0.1, 0.15) is 30.4 Å². The van der Waals surface area contributed by atoms with E-state index in [9.17, 15) is 51.9 Å². The minimum absolute atomic E-state index is 0. The Bertz CT molecular complexity index is 2470. The predicted molar refractivity (Wildman–Crippen MR) is 194 cm³/mol. The van der Waals surface area contributed by atoms with Crippen LogP contribution in [0.4, 0.5) is 15.8 Å². The molecule has 0 aliphatic carbocycles. The van der Waals surface area contributed by atoms with E-state index < -0.39 is 78.4 Å². The van der Waals surface area contributed by atoms with Gasteiger partial charge in [-0.3, -0.25) is 0 Å². The van der Waals surface area contributed by atoms with Crippen LogP contribution in [-0.2, 0) is 51.3 Å². The molecule has 0 saturated carbocycles. The molecule has 0 aromatic heterocycles. The third kappa shape index (κ3) is 12.1. The number of hydrogen-bond acceptors (Lipinski definition) is 13. The summed E-state index contributed by atoms with van der Waals surface area (Å²) in [5, 5.41) is 0. The van der Waals surface area contributed by atoms with Gasteiger partial charge in [0.2, 0.25) is 5.69 Å². The molecule has 0 radical (unpaired) electrons. The van der Waals surface area contributed by atoms with Gasteiger partial charge in [-0.25, -0.2) is 38.1 Å². The van der Waals surface area contributed by atoms with E-state index in [1.165, 1.54) is 22.8 Å². The largest absolute Gasteiger partial charge is 1.00 e. The zero-order chi connectivity index (χ0) is 39.4. The molecule has 0 N–H and O–H groups in total. The van der Waals surface area contributed by atoms with Crippen molar-refractivity contribution >= 4 is 80.1 Å². The second kappa shape index (κ2) is 19.3. The first-order valence-corrected chi connectivity index (χ1v) is 22.2. The molecule has 2 aromatic rings. The molecular formula is C32H33FIN2Na3O12S4. The van der Waals surface area contributed by atoms with Gasteiger partial charge in [0, 0.05) is 44.6 Å². The number of anilines is 1. The summed E-state index contributed by atoms with van der Waals surface area (Å²) in [6, 6.07) is 4.50. The Morgan fingerprint density at radius 2 is 1.35 bits per heavy atom. The van der Waals surface area contributed by atoms with Crippen LogP contribution in [0.2, 0.25) is 0 Å². The van der Waals surface area contributed by atoms with Crippen molar-refractivity contribution in [2.24, 2.45) is 0 Å². The number of nitrogens with zero attached hydrogens (tertiary/aromatic N) is 2. The van der Waals surface area contributed by atoms with Crippen molar-refractivity contribution in [3.8, 4) is 0 Å². The van der Waals surface area contributed by atoms with Gasteiger partial charge < -0.3 is 23.1 Å². The maximum Gasteiger partial charge on any atom is 1.00 e. The molecule has 2 aliphatic rings. The minimum Gasteiger partial charge on any atom is -0.748 e. The molecule has 2 aliphatic heterocycles. The molecule has 14 nitrogen and oxygen atoms in total. The van der Waals surface area contributed by atoms with E-state index in [2.05, 4.69) is 0 Å². The number of hydrogen-bond donors (Lipinski definition) is 0. The predicted octanol–water partition coefficient (Wildman–Crippen LogP) is -5.54. The van der Waals surface area contributed by atoms with E-state index in [0.29, 0.717) is 28.2 Å². The van der Waals surface area contributed by atoms with Gasteiger partial charge in [0.05, 0.1) is 42.4 Å². The number of halogens is 2. The van der Waals surface area contributed by atoms with Crippen LogP contribution in [0.15, 0.2) is 81.8 Å². The van der Waals surface area contributed by atoms with E-state index in [4.69, 9.17) is 0 Å². The third-order valence-corrected chi connectivity index (χ3v) is 13.3. The Hall–Kier alpha value is 0.170. The number of fused-ring (bicyclic) bond motifs is 2. The molecule has 2 aromatic carbocycles. The van der Waals surface area contributed by atoms with Crippen LogP contribution >= 0.6 is 22.6 Å². The third-order valence-electron chi connectivity index (χ3n) is 8.76. The monoisotopic (exact) mass is 983 g/mol. The maximum absolute atomic E-state index is 15.5. The van der Waals surface area contributed by atoms with Crippen molar-refractivity contribution in [2.75, 3.05) is 29.5 Å². The standard InChI is InChI=1S/C32H36FIN2O12S4.3Na/c1-20(8-6-10-25-31(2,3)27-21(35(25)16-18-49(37,38)39)12-14-23(29(27)33)51(43,44)45)9-7-11-26-32(4,5)28-22(36(26)17-19-50(40,41)42)13-15-24(30(28)34)52(46,47)48;;;/h6-15H,16-19H2,1-5H3,(H3-,37,38,39,40,41,42,43,44,45,46,47,48);;;/q;3*+1/p-3/i33-1,34+4;;;. The van der Waals surface area contributed by atoms with Crippen LogP contribution in [0.3, 0.4) is 0 Å². The van der Waals surface area contributed by atoms with Crippen LogP contribution in [-0.4, -0.2) is 86.8 Å². The van der Waals surface area contributed by atoms with Gasteiger partial charge >= 0.3 is 88.7 Å². The van der Waals surface area contributed by atoms with Crippen molar-refractivity contribution in [2.45, 2.75) is 55.2 Å². The van der Waals surface area contributed by atoms with Crippen LogP contribution in [0.1, 0.15) is 45.7 Å². The van der Waals surface area contributed by atoms with Crippen molar-refractivity contribution < 1.29 is 150 Å². The van der Waals surface area contributed by atoms with Crippen LogP contribution in [0, 0.1) is 9.39 Å². The second-order valence-electron chi connectivity index (χ2n) is 13.1. The van der Waals surface area contributed by atoms with Gasteiger partial charge in [-0.15, -0.1) is 0 Å². The van der Waals surface area contributed by atoms with Crippen LogP contribution < -0.4 is 93.6 Å². The topological polar surface area (TPSA) is 235 Å². The Balaban J connectivity index is 0.00000504. The Morgan fingerprint density at radius 3 is 1.87 bits per heavy atom. The number of allylic oxidation sites excluding steroid dienone is 8. The molecule has 0 atom stereocenters. The van der Waals surface area contributed by atoms with Gasteiger partial charge in [0.15, 0.2) is 18.1 Å². The van der Waals surface area contributed by atoms with Crippen molar-refractivity contribution in [3.05, 3.63) is 92.5 Å². The molecule has 0 saturated heterocycles. The second-order valence-corrected chi connectivity index (χ2v) is 19.9. The van der Waals surface area contributed by atoms with Gasteiger partial charge in [0.25, 0.3) is 0 Å². The molecule has 23 heteroatoms. The number of rotatable bonds is 12. The Morgan fingerprint density at radius 1 is 0.800 bits per heavy atom. The molecular weight excluding hydrogens is 950 g/mol. The molecule has 0 bridgehead atoms. The van der Waals surface area contributed by atoms with E-state index in [1.807, 2.05) is 0 Å². The number of benzene rings is 2. The summed E-state index contributed by atoms with van der Waals surface area (Å²) in [4.78, 5) is 0.0768. The fraction of sp³-hybridized carbons (Fsp3) is 0.344. The molecule has 0 unspecified atom stereocenters. The summed E-state index contributed by atoms with van der Waals surface area (Å²) in [5.41, 5.74) is 0.0610. The first-order valence-electron chi connectivity index (χ1n) is 15.2. The molecule has 284 valence electrons. The van der Waals surface area contributed by atoms with Crippen molar-refractivity contribution in [1.29, 1.82) is 0 Å². The maximum atomic E-state index is 15.5. The molecule has 55 heavy (non-hydrogen) atoms. The first kappa shape index (κ1) is 53.2. The smallest absolute Gasteiger partial charge is 0.748 e. The summed E-state index contributed by atoms with van der Waals surface area (Å²) < 4.78 is 157. The quantitative estimate of drug-likeness (QED) is 0.0636. The van der Waals surface area contributed by atoms with E-state index >= 15 is 4.39 Å². The SMILES string of the molecule is CC(/C=C/C=C1/N(CCS(=O)(=O)[O-])c2ccc(S(=O)(=O)[O-])c([131I])c2C1(C)C)=C\C=C\C1=[N+](CCS(=O)(=O)[O-])c2ccc(S(=O)(=O)[O-])c([18F])c2C1(C)C.[Na+].[Na+].[Na+]. The molecule has 0 spiro atoms. The van der Waals surface area contributed by atoms with Crippen molar-refractivity contribution in [3.63, 3.8) is 0 Å². The summed E-state index contributed by atoms with van der Waals surface area (Å²) in [6.45, 7) is 7.70. The van der Waals surface area contributed by atoms with Crippen molar-refractivity contribution in [1.82, 2.24) is 0 Å². The fourth-order valence-electron chi connectivity index (χ4n) is 6.43. The zero-order valence-electron chi connectivity index (χ0n) is 31.3. The van der Waals surface area contributed by atoms with Gasteiger partial charge in [-0.1, -0.05) is 43.7 Å². The molecule has 0 fully saturated rings. The zero-order valence-corrected chi connectivity index (χ0v) is 42.7.